The van der Waals surface area contributed by atoms with E-state index in [2.05, 4.69) is 4.98 Å². The van der Waals surface area contributed by atoms with Crippen molar-refractivity contribution in [2.75, 3.05) is 5.73 Å². The lowest BCUT2D eigenvalue weighted by Gasteiger charge is -2.06. The number of nitrogens with two attached hydrogens (primary N) is 1. The molecule has 0 saturated carbocycles. The van der Waals surface area contributed by atoms with Gasteiger partial charge in [0.2, 0.25) is 0 Å². The highest BCUT2D eigenvalue weighted by Crippen LogP contribution is 2.21. The highest BCUT2D eigenvalue weighted by atomic mass is 19.3. The van der Waals surface area contributed by atoms with Gasteiger partial charge < -0.3 is 15.8 Å². The van der Waals surface area contributed by atoms with Gasteiger partial charge in [0, 0.05) is 5.56 Å². The number of aromatic nitrogens is 1. The minimum Gasteiger partial charge on any atom is -0.394 e. The summed E-state index contributed by atoms with van der Waals surface area (Å²) in [6.07, 6.45) is -2.76. The highest BCUT2D eigenvalue weighted by Gasteiger charge is 2.14. The number of aliphatic hydroxyl groups is 1. The molecule has 1 aromatic rings. The normalized spacial score (nSPS) is 10.8. The number of pyridine rings is 1. The van der Waals surface area contributed by atoms with E-state index < -0.39 is 24.2 Å². The van der Waals surface area contributed by atoms with Crippen LogP contribution >= 0.6 is 0 Å². The van der Waals surface area contributed by atoms with Gasteiger partial charge in [0.1, 0.15) is 0 Å². The number of halogens is 2. The third-order valence-electron chi connectivity index (χ3n) is 1.58. The van der Waals surface area contributed by atoms with Crippen molar-refractivity contribution in [1.82, 2.24) is 4.98 Å². The van der Waals surface area contributed by atoms with Crippen LogP contribution in [0.3, 0.4) is 0 Å². The first-order chi connectivity index (χ1) is 6.06. The van der Waals surface area contributed by atoms with Gasteiger partial charge in [0.15, 0.2) is 0 Å². The van der Waals surface area contributed by atoms with Crippen LogP contribution < -0.4 is 11.3 Å². The molecule has 0 saturated heterocycles. The van der Waals surface area contributed by atoms with Gasteiger partial charge in [-0.3, -0.25) is 4.79 Å². The quantitative estimate of drug-likeness (QED) is 0.631. The van der Waals surface area contributed by atoms with Crippen molar-refractivity contribution in [2.45, 2.75) is 13.0 Å². The van der Waals surface area contributed by atoms with E-state index in [1.54, 1.807) is 0 Å². The first kappa shape index (κ1) is 9.66. The maximum absolute atomic E-state index is 12.2. The number of rotatable bonds is 2. The molecule has 13 heavy (non-hydrogen) atoms. The molecule has 0 radical (unpaired) electrons. The molecule has 0 unspecified atom stereocenters. The topological polar surface area (TPSA) is 79.1 Å². The summed E-state index contributed by atoms with van der Waals surface area (Å²) in [4.78, 5) is 12.9. The van der Waals surface area contributed by atoms with E-state index in [-0.39, 0.29) is 11.4 Å². The molecule has 0 spiro atoms. The molecular weight excluding hydrogens is 182 g/mol. The van der Waals surface area contributed by atoms with Crippen LogP contribution in [0.25, 0.3) is 0 Å². The van der Waals surface area contributed by atoms with Gasteiger partial charge >= 0.3 is 0 Å². The van der Waals surface area contributed by atoms with Gasteiger partial charge in [-0.15, -0.1) is 0 Å². The van der Waals surface area contributed by atoms with Crippen LogP contribution in [-0.4, -0.2) is 10.1 Å². The van der Waals surface area contributed by atoms with Crippen molar-refractivity contribution in [2.24, 2.45) is 0 Å². The second-order valence-corrected chi connectivity index (χ2v) is 2.45. The largest absolute Gasteiger partial charge is 0.394 e. The van der Waals surface area contributed by atoms with Gasteiger partial charge in [0.25, 0.3) is 12.0 Å². The standard InChI is InChI=1S/C7H8F2N2O2/c8-6(9)3-1-4(10)7(13)11-5(3)2-12/h1,6,12H,2,10H2,(H,11,13). The van der Waals surface area contributed by atoms with Crippen molar-refractivity contribution >= 4 is 5.69 Å². The van der Waals surface area contributed by atoms with Gasteiger partial charge in [-0.05, 0) is 6.07 Å². The lowest BCUT2D eigenvalue weighted by atomic mass is 10.2. The lowest BCUT2D eigenvalue weighted by Crippen LogP contribution is -2.16. The molecule has 1 rings (SSSR count). The van der Waals surface area contributed by atoms with Gasteiger partial charge in [-0.2, -0.15) is 0 Å². The van der Waals surface area contributed by atoms with Crippen molar-refractivity contribution in [1.29, 1.82) is 0 Å². The first-order valence-electron chi connectivity index (χ1n) is 3.47. The molecule has 72 valence electrons. The van der Waals surface area contributed by atoms with E-state index in [1.807, 2.05) is 0 Å². The average Bonchev–Trinajstić information content (AvgIpc) is 2.08. The van der Waals surface area contributed by atoms with Gasteiger partial charge in [0.05, 0.1) is 18.0 Å². The summed E-state index contributed by atoms with van der Waals surface area (Å²) >= 11 is 0. The van der Waals surface area contributed by atoms with Crippen LogP contribution in [0.2, 0.25) is 0 Å². The van der Waals surface area contributed by atoms with E-state index in [9.17, 15) is 13.6 Å². The van der Waals surface area contributed by atoms with E-state index in [0.717, 1.165) is 6.07 Å². The molecule has 0 atom stereocenters. The van der Waals surface area contributed by atoms with Crippen molar-refractivity contribution < 1.29 is 13.9 Å². The number of nitrogen functional groups attached to an aromatic ring is 1. The maximum Gasteiger partial charge on any atom is 0.271 e. The zero-order valence-electron chi connectivity index (χ0n) is 6.55. The summed E-state index contributed by atoms with van der Waals surface area (Å²) in [5.41, 5.74) is 3.52. The Balaban J connectivity index is 3.33. The number of nitrogens with one attached hydrogen (secondary N) is 1. The Kier molecular flexibility index (Phi) is 2.62. The summed E-state index contributed by atoms with van der Waals surface area (Å²) < 4.78 is 24.5. The summed E-state index contributed by atoms with van der Waals surface area (Å²) in [5, 5.41) is 8.64. The molecule has 0 bridgehead atoms. The molecule has 0 fully saturated rings. The minimum absolute atomic E-state index is 0.200. The lowest BCUT2D eigenvalue weighted by molar-refractivity contribution is 0.146. The van der Waals surface area contributed by atoms with Crippen molar-refractivity contribution in [3.05, 3.63) is 27.7 Å². The second-order valence-electron chi connectivity index (χ2n) is 2.45. The van der Waals surface area contributed by atoms with Crippen LogP contribution in [0.15, 0.2) is 10.9 Å². The van der Waals surface area contributed by atoms with E-state index >= 15 is 0 Å². The Hall–Kier alpha value is -1.43. The fourth-order valence-corrected chi connectivity index (χ4v) is 0.927. The smallest absolute Gasteiger partial charge is 0.271 e. The molecule has 4 N–H and O–H groups in total. The Labute approximate surface area is 72.0 Å². The molecular formula is C7H8F2N2O2. The molecule has 4 nitrogen and oxygen atoms in total. The average molecular weight is 190 g/mol. The number of anilines is 1. The molecule has 0 amide bonds. The predicted octanol–water partition coefficient (Wildman–Crippen LogP) is 0.387. The number of hydrogen-bond donors (Lipinski definition) is 3. The summed E-state index contributed by atoms with van der Waals surface area (Å²) in [5.74, 6) is 0. The van der Waals surface area contributed by atoms with Crippen LogP contribution in [0.4, 0.5) is 14.5 Å². The number of aromatic amines is 1. The monoisotopic (exact) mass is 190 g/mol. The molecule has 1 aromatic heterocycles. The number of aliphatic hydroxyl groups excluding tert-OH is 1. The van der Waals surface area contributed by atoms with Crippen molar-refractivity contribution in [3.8, 4) is 0 Å². The third-order valence-corrected chi connectivity index (χ3v) is 1.58. The predicted molar refractivity (Wildman–Crippen MR) is 42.4 cm³/mol. The summed E-state index contributed by atoms with van der Waals surface area (Å²) in [7, 11) is 0. The third kappa shape index (κ3) is 1.83. The van der Waals surface area contributed by atoms with Crippen molar-refractivity contribution in [3.63, 3.8) is 0 Å². The highest BCUT2D eigenvalue weighted by molar-refractivity contribution is 5.40. The SMILES string of the molecule is Nc1cc(C(F)F)c(CO)[nH]c1=O. The molecule has 0 aliphatic carbocycles. The fraction of sp³-hybridized carbons (Fsp3) is 0.286. The summed E-state index contributed by atoms with van der Waals surface area (Å²) in [6.45, 7) is -0.644. The second kappa shape index (κ2) is 3.53. The molecule has 6 heteroatoms. The maximum atomic E-state index is 12.2. The van der Waals surface area contributed by atoms with Crippen LogP contribution in [-0.2, 0) is 6.61 Å². The van der Waals surface area contributed by atoms with E-state index in [1.165, 1.54) is 0 Å². The molecule has 0 aliphatic heterocycles. The number of alkyl halides is 2. The fourth-order valence-electron chi connectivity index (χ4n) is 0.927. The van der Waals surface area contributed by atoms with E-state index in [4.69, 9.17) is 10.8 Å². The minimum atomic E-state index is -2.76. The zero-order chi connectivity index (χ0) is 10.0. The number of H-pyrrole nitrogens is 1. The molecule has 1 heterocycles. The van der Waals surface area contributed by atoms with Gasteiger partial charge in [-0.25, -0.2) is 8.78 Å². The van der Waals surface area contributed by atoms with Crippen LogP contribution in [0.5, 0.6) is 0 Å². The van der Waals surface area contributed by atoms with E-state index in [0.29, 0.717) is 0 Å². The Morgan fingerprint density at radius 1 is 1.62 bits per heavy atom. The zero-order valence-corrected chi connectivity index (χ0v) is 6.55. The van der Waals surface area contributed by atoms with Crippen LogP contribution in [0, 0.1) is 0 Å². The van der Waals surface area contributed by atoms with Crippen LogP contribution in [0.1, 0.15) is 17.7 Å². The van der Waals surface area contributed by atoms with Gasteiger partial charge in [-0.1, -0.05) is 0 Å². The Bertz CT molecular complexity index is 362. The number of hydrogen-bond acceptors (Lipinski definition) is 3. The Morgan fingerprint density at radius 2 is 2.23 bits per heavy atom. The first-order valence-corrected chi connectivity index (χ1v) is 3.47. The summed E-state index contributed by atoms with van der Waals surface area (Å²) in [6, 6.07) is 0.870. The molecule has 0 aliphatic rings. The molecule has 0 aromatic carbocycles. The Morgan fingerprint density at radius 3 is 2.69 bits per heavy atom.